The Kier molecular flexibility index (Phi) is 3.39. The van der Waals surface area contributed by atoms with Gasteiger partial charge in [-0.1, -0.05) is 0 Å². The number of benzene rings is 1. The minimum atomic E-state index is -0.859. The summed E-state index contributed by atoms with van der Waals surface area (Å²) in [6, 6.07) is 1.37. The molecule has 0 aliphatic heterocycles. The molecular formula is C14H17FO4. The second-order valence-corrected chi connectivity index (χ2v) is 4.97. The second kappa shape index (κ2) is 4.72. The number of ether oxygens (including phenoxy) is 2. The van der Waals surface area contributed by atoms with Crippen LogP contribution >= 0.6 is 0 Å². The van der Waals surface area contributed by atoms with E-state index in [-0.39, 0.29) is 12.2 Å². The Morgan fingerprint density at radius 3 is 2.37 bits per heavy atom. The van der Waals surface area contributed by atoms with E-state index in [9.17, 15) is 9.18 Å². The van der Waals surface area contributed by atoms with Gasteiger partial charge in [0.1, 0.15) is 0 Å². The lowest BCUT2D eigenvalue weighted by Gasteiger charge is -2.22. The third-order valence-electron chi connectivity index (χ3n) is 3.67. The van der Waals surface area contributed by atoms with Crippen LogP contribution in [0.5, 0.6) is 11.5 Å². The number of halogens is 1. The molecule has 104 valence electrons. The van der Waals surface area contributed by atoms with Crippen molar-refractivity contribution in [2.24, 2.45) is 0 Å². The van der Waals surface area contributed by atoms with Crippen LogP contribution in [0.15, 0.2) is 6.07 Å². The smallest absolute Gasteiger partial charge is 0.304 e. The third kappa shape index (κ3) is 2.25. The van der Waals surface area contributed by atoms with Gasteiger partial charge in [-0.05, 0) is 31.4 Å². The summed E-state index contributed by atoms with van der Waals surface area (Å²) < 4.78 is 24.2. The summed E-state index contributed by atoms with van der Waals surface area (Å²) >= 11 is 0. The first kappa shape index (κ1) is 13.6. The Bertz CT molecular complexity index is 521. The van der Waals surface area contributed by atoms with Crippen LogP contribution in [0.1, 0.15) is 30.4 Å². The topological polar surface area (TPSA) is 55.8 Å². The number of carbonyl (C=O) groups is 1. The Morgan fingerprint density at radius 2 is 1.95 bits per heavy atom. The Balaban J connectivity index is 2.59. The van der Waals surface area contributed by atoms with E-state index in [4.69, 9.17) is 14.6 Å². The van der Waals surface area contributed by atoms with E-state index in [1.54, 1.807) is 6.92 Å². The van der Waals surface area contributed by atoms with E-state index in [0.717, 1.165) is 18.4 Å². The van der Waals surface area contributed by atoms with Crippen LogP contribution in [0.3, 0.4) is 0 Å². The van der Waals surface area contributed by atoms with Crippen molar-refractivity contribution < 1.29 is 23.8 Å². The van der Waals surface area contributed by atoms with Crippen molar-refractivity contribution in [3.8, 4) is 11.5 Å². The minimum absolute atomic E-state index is 0.0268. The molecule has 5 heteroatoms. The lowest BCUT2D eigenvalue weighted by atomic mass is 9.87. The van der Waals surface area contributed by atoms with Crippen LogP contribution in [-0.4, -0.2) is 25.3 Å². The summed E-state index contributed by atoms with van der Waals surface area (Å²) in [6.45, 7) is 1.77. The van der Waals surface area contributed by atoms with Crippen LogP contribution in [0.25, 0.3) is 0 Å². The zero-order valence-electron chi connectivity index (χ0n) is 11.2. The molecule has 0 amide bonds. The molecule has 19 heavy (non-hydrogen) atoms. The van der Waals surface area contributed by atoms with Gasteiger partial charge in [0.2, 0.25) is 0 Å². The lowest BCUT2D eigenvalue weighted by Crippen LogP contribution is -2.16. The maximum Gasteiger partial charge on any atom is 0.304 e. The molecule has 1 saturated carbocycles. The van der Waals surface area contributed by atoms with Gasteiger partial charge in [0.05, 0.1) is 20.6 Å². The summed E-state index contributed by atoms with van der Waals surface area (Å²) in [7, 11) is 2.81. The highest BCUT2D eigenvalue weighted by molar-refractivity contribution is 5.71. The number of rotatable bonds is 5. The largest absolute Gasteiger partial charge is 0.492 e. The van der Waals surface area contributed by atoms with Crippen LogP contribution in [0.4, 0.5) is 4.39 Å². The first-order valence-corrected chi connectivity index (χ1v) is 6.08. The van der Waals surface area contributed by atoms with Crippen molar-refractivity contribution in [1.82, 2.24) is 0 Å². The molecule has 0 radical (unpaired) electrons. The summed E-state index contributed by atoms with van der Waals surface area (Å²) in [6.07, 6.45) is 1.57. The Morgan fingerprint density at radius 1 is 1.37 bits per heavy atom. The molecule has 0 atom stereocenters. The van der Waals surface area contributed by atoms with E-state index >= 15 is 0 Å². The fraction of sp³-hybridized carbons (Fsp3) is 0.500. The molecule has 2 rings (SSSR count). The second-order valence-electron chi connectivity index (χ2n) is 4.97. The van der Waals surface area contributed by atoms with Gasteiger partial charge < -0.3 is 14.6 Å². The van der Waals surface area contributed by atoms with Crippen molar-refractivity contribution in [1.29, 1.82) is 0 Å². The normalized spacial score (nSPS) is 16.0. The van der Waals surface area contributed by atoms with E-state index in [1.807, 2.05) is 0 Å². The quantitative estimate of drug-likeness (QED) is 0.892. The standard InChI is InChI=1S/C14H17FO4/c1-8-6-9(15)12(18-2)13(19-3)11(8)14(4-5-14)7-10(16)17/h6H,4-5,7H2,1-3H3,(H,16,17). The van der Waals surface area contributed by atoms with Crippen molar-refractivity contribution in [3.05, 3.63) is 23.0 Å². The minimum Gasteiger partial charge on any atom is -0.492 e. The molecule has 1 aromatic rings. The highest BCUT2D eigenvalue weighted by Crippen LogP contribution is 2.57. The summed E-state index contributed by atoms with van der Waals surface area (Å²) in [5, 5.41) is 9.04. The monoisotopic (exact) mass is 268 g/mol. The number of methoxy groups -OCH3 is 2. The number of hydrogen-bond acceptors (Lipinski definition) is 3. The number of carboxylic acid groups (broad SMARTS) is 1. The molecule has 1 N–H and O–H groups in total. The molecule has 4 nitrogen and oxygen atoms in total. The van der Waals surface area contributed by atoms with Crippen molar-refractivity contribution >= 4 is 5.97 Å². The van der Waals surface area contributed by atoms with Gasteiger partial charge in [0, 0.05) is 11.0 Å². The average molecular weight is 268 g/mol. The first-order valence-electron chi connectivity index (χ1n) is 6.08. The van der Waals surface area contributed by atoms with Gasteiger partial charge in [-0.15, -0.1) is 0 Å². The summed E-state index contributed by atoms with van der Waals surface area (Å²) in [5.41, 5.74) is 1.02. The Labute approximate surface area is 111 Å². The third-order valence-corrected chi connectivity index (χ3v) is 3.67. The predicted molar refractivity (Wildman–Crippen MR) is 67.4 cm³/mol. The summed E-state index contributed by atoms with van der Waals surface area (Å²) in [5.74, 6) is -0.993. The van der Waals surface area contributed by atoms with Gasteiger partial charge in [-0.2, -0.15) is 0 Å². The number of carboxylic acids is 1. The van der Waals surface area contributed by atoms with Crippen LogP contribution < -0.4 is 9.47 Å². The lowest BCUT2D eigenvalue weighted by molar-refractivity contribution is -0.137. The summed E-state index contributed by atoms with van der Waals surface area (Å²) in [4.78, 5) is 11.0. The van der Waals surface area contributed by atoms with Gasteiger partial charge >= 0.3 is 5.97 Å². The average Bonchev–Trinajstić information content (AvgIpc) is 3.07. The molecule has 0 heterocycles. The number of hydrogen-bond donors (Lipinski definition) is 1. The van der Waals surface area contributed by atoms with Gasteiger partial charge in [0.25, 0.3) is 0 Å². The molecule has 1 aliphatic rings. The van der Waals surface area contributed by atoms with E-state index < -0.39 is 17.2 Å². The molecular weight excluding hydrogens is 251 g/mol. The molecule has 1 aliphatic carbocycles. The van der Waals surface area contributed by atoms with Gasteiger partial charge in [0.15, 0.2) is 17.3 Å². The molecule has 1 aromatic carbocycles. The van der Waals surface area contributed by atoms with Crippen molar-refractivity contribution in [2.45, 2.75) is 31.6 Å². The van der Waals surface area contributed by atoms with E-state index in [0.29, 0.717) is 11.3 Å². The number of aliphatic carboxylic acids is 1. The fourth-order valence-electron chi connectivity index (χ4n) is 2.73. The van der Waals surface area contributed by atoms with Crippen molar-refractivity contribution in [3.63, 3.8) is 0 Å². The van der Waals surface area contributed by atoms with Crippen LogP contribution in [-0.2, 0) is 10.2 Å². The Hall–Kier alpha value is -1.78. The van der Waals surface area contributed by atoms with Gasteiger partial charge in [-0.3, -0.25) is 4.79 Å². The SMILES string of the molecule is COc1c(F)cc(C)c(C2(CC(=O)O)CC2)c1OC. The predicted octanol–water partition coefficient (Wildman–Crippen LogP) is 2.66. The fourth-order valence-corrected chi connectivity index (χ4v) is 2.73. The van der Waals surface area contributed by atoms with E-state index in [1.165, 1.54) is 20.3 Å². The van der Waals surface area contributed by atoms with Gasteiger partial charge in [-0.25, -0.2) is 4.39 Å². The first-order chi connectivity index (χ1) is 8.95. The maximum atomic E-state index is 13.8. The molecule has 0 unspecified atom stereocenters. The van der Waals surface area contributed by atoms with E-state index in [2.05, 4.69) is 0 Å². The molecule has 0 saturated heterocycles. The zero-order valence-corrected chi connectivity index (χ0v) is 11.2. The maximum absolute atomic E-state index is 13.8. The van der Waals surface area contributed by atoms with Crippen LogP contribution in [0.2, 0.25) is 0 Å². The number of aryl methyl sites for hydroxylation is 1. The molecule has 0 aromatic heterocycles. The highest BCUT2D eigenvalue weighted by Gasteiger charge is 2.49. The van der Waals surface area contributed by atoms with Crippen LogP contribution in [0, 0.1) is 12.7 Å². The zero-order chi connectivity index (χ0) is 14.2. The molecule has 0 bridgehead atoms. The highest BCUT2D eigenvalue weighted by atomic mass is 19.1. The molecule has 1 fully saturated rings. The van der Waals surface area contributed by atoms with Crippen molar-refractivity contribution in [2.75, 3.05) is 14.2 Å². The molecule has 0 spiro atoms.